The van der Waals surface area contributed by atoms with Crippen LogP contribution in [0.2, 0.25) is 0 Å². The van der Waals surface area contributed by atoms with Crippen molar-refractivity contribution in [2.45, 2.75) is 31.2 Å². The fourth-order valence-corrected chi connectivity index (χ4v) is 3.39. The Kier molecular flexibility index (Phi) is 3.41. The van der Waals surface area contributed by atoms with Gasteiger partial charge in [-0.3, -0.25) is 4.79 Å². The number of carbonyl (C=O) groups excluding carboxylic acids is 1. The Morgan fingerprint density at radius 3 is 2.96 bits per heavy atom. The number of aryl methyl sites for hydroxylation is 1. The van der Waals surface area contributed by atoms with Gasteiger partial charge in [-0.15, -0.1) is 5.10 Å². The standard InChI is InChI=1S/C17H19N7O2/c1-22-7-2-3-14(22)17(25)23-8-6-12(9-23)24-10-13(19-21-24)16-18-15(20-26-16)11-4-5-11/h2-3,7,10-12H,4-6,8-9H2,1H3/t12-/m1/s1. The molecule has 26 heavy (non-hydrogen) atoms. The lowest BCUT2D eigenvalue weighted by atomic mass is 10.3. The molecule has 0 spiro atoms. The summed E-state index contributed by atoms with van der Waals surface area (Å²) in [6, 6.07) is 3.83. The molecule has 2 fully saturated rings. The summed E-state index contributed by atoms with van der Waals surface area (Å²) in [7, 11) is 1.88. The molecule has 1 saturated carbocycles. The Morgan fingerprint density at radius 1 is 1.31 bits per heavy atom. The predicted molar refractivity (Wildman–Crippen MR) is 90.3 cm³/mol. The highest BCUT2D eigenvalue weighted by Gasteiger charge is 2.31. The van der Waals surface area contributed by atoms with Gasteiger partial charge in [0.1, 0.15) is 5.69 Å². The molecule has 0 radical (unpaired) electrons. The molecular weight excluding hydrogens is 334 g/mol. The molecule has 3 aromatic heterocycles. The molecule has 1 aliphatic carbocycles. The average molecular weight is 353 g/mol. The van der Waals surface area contributed by atoms with Crippen LogP contribution in [0.25, 0.3) is 11.6 Å². The lowest BCUT2D eigenvalue weighted by molar-refractivity contribution is 0.0777. The minimum absolute atomic E-state index is 0.0475. The number of hydrogen-bond donors (Lipinski definition) is 0. The van der Waals surface area contributed by atoms with Crippen molar-refractivity contribution < 1.29 is 9.32 Å². The SMILES string of the molecule is Cn1cccc1C(=O)N1CC[C@@H](n2cc(-c3nc(C4CC4)no3)nn2)C1. The molecule has 9 heteroatoms. The molecule has 0 bridgehead atoms. The van der Waals surface area contributed by atoms with Crippen LogP contribution in [0.15, 0.2) is 29.0 Å². The molecular formula is C17H19N7O2. The van der Waals surface area contributed by atoms with E-state index in [-0.39, 0.29) is 11.9 Å². The summed E-state index contributed by atoms with van der Waals surface area (Å²) >= 11 is 0. The van der Waals surface area contributed by atoms with Crippen LogP contribution in [-0.2, 0) is 7.05 Å². The first kappa shape index (κ1) is 15.3. The van der Waals surface area contributed by atoms with Gasteiger partial charge in [-0.2, -0.15) is 4.98 Å². The molecule has 3 aromatic rings. The lowest BCUT2D eigenvalue weighted by Crippen LogP contribution is -2.30. The molecule has 9 nitrogen and oxygen atoms in total. The summed E-state index contributed by atoms with van der Waals surface area (Å²) < 4.78 is 8.95. The Balaban J connectivity index is 1.29. The summed E-state index contributed by atoms with van der Waals surface area (Å²) in [5.41, 5.74) is 1.28. The van der Waals surface area contributed by atoms with E-state index in [1.807, 2.05) is 41.0 Å². The zero-order chi connectivity index (χ0) is 17.7. The van der Waals surface area contributed by atoms with Gasteiger partial charge in [-0.1, -0.05) is 10.4 Å². The van der Waals surface area contributed by atoms with E-state index in [1.165, 1.54) is 0 Å². The average Bonchev–Trinajstić information content (AvgIpc) is 3.14. The van der Waals surface area contributed by atoms with Crippen molar-refractivity contribution in [3.8, 4) is 11.6 Å². The topological polar surface area (TPSA) is 94.9 Å². The van der Waals surface area contributed by atoms with Crippen LogP contribution >= 0.6 is 0 Å². The number of rotatable bonds is 4. The summed E-state index contributed by atoms with van der Waals surface area (Å²) in [4.78, 5) is 18.9. The smallest absolute Gasteiger partial charge is 0.280 e. The molecule has 5 rings (SSSR count). The van der Waals surface area contributed by atoms with Gasteiger partial charge >= 0.3 is 0 Å². The molecule has 0 aromatic carbocycles. The van der Waals surface area contributed by atoms with Crippen molar-refractivity contribution in [2.24, 2.45) is 7.05 Å². The summed E-state index contributed by atoms with van der Waals surface area (Å²) in [5.74, 6) is 1.66. The van der Waals surface area contributed by atoms with E-state index in [2.05, 4.69) is 20.5 Å². The van der Waals surface area contributed by atoms with Gasteiger partial charge in [0.25, 0.3) is 11.8 Å². The Morgan fingerprint density at radius 2 is 2.19 bits per heavy atom. The van der Waals surface area contributed by atoms with E-state index in [1.54, 1.807) is 4.68 Å². The highest BCUT2D eigenvalue weighted by molar-refractivity contribution is 5.92. The fourth-order valence-electron chi connectivity index (χ4n) is 3.39. The quantitative estimate of drug-likeness (QED) is 0.707. The van der Waals surface area contributed by atoms with Gasteiger partial charge in [0.05, 0.1) is 12.2 Å². The molecule has 2 aliphatic rings. The van der Waals surface area contributed by atoms with Crippen molar-refractivity contribution in [3.63, 3.8) is 0 Å². The van der Waals surface area contributed by atoms with Gasteiger partial charge in [-0.05, 0) is 31.4 Å². The third-order valence-electron chi connectivity index (χ3n) is 5.10. The zero-order valence-electron chi connectivity index (χ0n) is 14.4. The number of hydrogen-bond acceptors (Lipinski definition) is 6. The van der Waals surface area contributed by atoms with Gasteiger partial charge in [0.15, 0.2) is 11.5 Å². The molecule has 1 saturated heterocycles. The second-order valence-electron chi connectivity index (χ2n) is 7.01. The third-order valence-corrected chi connectivity index (χ3v) is 5.10. The number of carbonyl (C=O) groups is 1. The molecule has 0 unspecified atom stereocenters. The van der Waals surface area contributed by atoms with Crippen LogP contribution in [0.3, 0.4) is 0 Å². The van der Waals surface area contributed by atoms with E-state index in [0.717, 1.165) is 25.1 Å². The van der Waals surface area contributed by atoms with E-state index < -0.39 is 0 Å². The molecule has 1 aliphatic heterocycles. The van der Waals surface area contributed by atoms with Crippen molar-refractivity contribution >= 4 is 5.91 Å². The van der Waals surface area contributed by atoms with E-state index in [0.29, 0.717) is 36.3 Å². The zero-order valence-corrected chi connectivity index (χ0v) is 14.4. The van der Waals surface area contributed by atoms with Crippen molar-refractivity contribution in [1.29, 1.82) is 0 Å². The Hall–Kier alpha value is -2.97. The van der Waals surface area contributed by atoms with Gasteiger partial charge in [0.2, 0.25) is 0 Å². The summed E-state index contributed by atoms with van der Waals surface area (Å²) in [6.07, 6.45) is 6.80. The van der Waals surface area contributed by atoms with Crippen molar-refractivity contribution in [1.82, 2.24) is 34.6 Å². The van der Waals surface area contributed by atoms with Crippen molar-refractivity contribution in [3.05, 3.63) is 36.0 Å². The second-order valence-corrected chi connectivity index (χ2v) is 7.01. The molecule has 1 atom stereocenters. The maximum Gasteiger partial charge on any atom is 0.280 e. The van der Waals surface area contributed by atoms with E-state index in [4.69, 9.17) is 4.52 Å². The van der Waals surface area contributed by atoms with Gasteiger partial charge in [0, 0.05) is 32.3 Å². The highest BCUT2D eigenvalue weighted by atomic mass is 16.5. The first-order chi connectivity index (χ1) is 12.7. The number of nitrogens with zero attached hydrogens (tertiary/aromatic N) is 7. The van der Waals surface area contributed by atoms with Crippen LogP contribution in [0, 0.1) is 0 Å². The molecule has 1 amide bonds. The van der Waals surface area contributed by atoms with E-state index >= 15 is 0 Å². The third kappa shape index (κ3) is 2.59. The first-order valence-electron chi connectivity index (χ1n) is 8.85. The summed E-state index contributed by atoms with van der Waals surface area (Å²) in [6.45, 7) is 1.32. The van der Waals surface area contributed by atoms with Crippen LogP contribution in [-0.4, -0.2) is 53.6 Å². The van der Waals surface area contributed by atoms with Crippen molar-refractivity contribution in [2.75, 3.05) is 13.1 Å². The lowest BCUT2D eigenvalue weighted by Gasteiger charge is -2.16. The highest BCUT2D eigenvalue weighted by Crippen LogP contribution is 2.38. The Labute approximate surface area is 149 Å². The largest absolute Gasteiger partial charge is 0.347 e. The Bertz CT molecular complexity index is 952. The fraction of sp³-hybridized carbons (Fsp3) is 0.471. The molecule has 0 N–H and O–H groups in total. The maximum absolute atomic E-state index is 12.6. The molecule has 134 valence electrons. The number of likely N-dealkylation sites (tertiary alicyclic amines) is 1. The van der Waals surface area contributed by atoms with Gasteiger partial charge < -0.3 is 14.0 Å². The summed E-state index contributed by atoms with van der Waals surface area (Å²) in [5, 5.41) is 12.4. The first-order valence-corrected chi connectivity index (χ1v) is 8.85. The van der Waals surface area contributed by atoms with Crippen LogP contribution in [0.1, 0.15) is 47.5 Å². The minimum atomic E-state index is 0.0475. The maximum atomic E-state index is 12.6. The number of amides is 1. The second kappa shape index (κ2) is 5.79. The number of aromatic nitrogens is 6. The van der Waals surface area contributed by atoms with Crippen LogP contribution in [0.4, 0.5) is 0 Å². The van der Waals surface area contributed by atoms with Crippen LogP contribution < -0.4 is 0 Å². The predicted octanol–water partition coefficient (Wildman–Crippen LogP) is 1.63. The van der Waals surface area contributed by atoms with Gasteiger partial charge in [-0.25, -0.2) is 4.68 Å². The normalized spacial score (nSPS) is 20.0. The minimum Gasteiger partial charge on any atom is -0.347 e. The monoisotopic (exact) mass is 353 g/mol. The van der Waals surface area contributed by atoms with Crippen LogP contribution in [0.5, 0.6) is 0 Å². The molecule has 4 heterocycles. The van der Waals surface area contributed by atoms with E-state index in [9.17, 15) is 4.79 Å².